The van der Waals surface area contributed by atoms with Crippen LogP contribution < -0.4 is 10.6 Å². The summed E-state index contributed by atoms with van der Waals surface area (Å²) in [6.07, 6.45) is 7.57. The van der Waals surface area contributed by atoms with Gasteiger partial charge in [0.25, 0.3) is 0 Å². The minimum atomic E-state index is -3.43. The van der Waals surface area contributed by atoms with Gasteiger partial charge in [-0.2, -0.15) is 14.6 Å². The van der Waals surface area contributed by atoms with Crippen LogP contribution in [0, 0.1) is 11.3 Å². The lowest BCUT2D eigenvalue weighted by molar-refractivity contribution is 0.150. The van der Waals surface area contributed by atoms with Gasteiger partial charge >= 0.3 is 0 Å². The minimum absolute atomic E-state index is 0.101. The molecule has 10 nitrogen and oxygen atoms in total. The summed E-state index contributed by atoms with van der Waals surface area (Å²) in [6.45, 7) is 3.61. The zero-order valence-electron chi connectivity index (χ0n) is 22.0. The Morgan fingerprint density at radius 1 is 1.21 bits per heavy atom. The standard InChI is InChI=1S/C26H36ClN7O3S/c1-37-16-15-33-12-9-19-3-4-22(17-20(19)10-13-33)31-26-29-18-24(27)25(32-26)30-21-5-7-23(8-6-21)34(14-11-28)38(2,35)36/h3-4,17-18,21,23H,5-10,12-16H2,1-2H3,(H2,29,30,31,32)/t21-,23-. The van der Waals surface area contributed by atoms with E-state index in [1.807, 2.05) is 6.07 Å². The maximum atomic E-state index is 12.1. The van der Waals surface area contributed by atoms with Crippen LogP contribution >= 0.6 is 11.6 Å². The highest BCUT2D eigenvalue weighted by molar-refractivity contribution is 7.88. The summed E-state index contributed by atoms with van der Waals surface area (Å²) in [7, 11) is -1.69. The average Bonchev–Trinajstić information content (AvgIpc) is 3.10. The van der Waals surface area contributed by atoms with Gasteiger partial charge in [0, 0.05) is 44.5 Å². The van der Waals surface area contributed by atoms with Crippen molar-refractivity contribution in [3.63, 3.8) is 0 Å². The molecule has 2 heterocycles. The molecule has 1 fully saturated rings. The number of methoxy groups -OCH3 is 1. The molecule has 2 aromatic rings. The van der Waals surface area contributed by atoms with Gasteiger partial charge < -0.3 is 20.3 Å². The van der Waals surface area contributed by atoms with Crippen molar-refractivity contribution >= 4 is 39.1 Å². The lowest BCUT2D eigenvalue weighted by Gasteiger charge is -2.34. The van der Waals surface area contributed by atoms with E-state index in [1.165, 1.54) is 15.4 Å². The first-order chi connectivity index (χ1) is 18.3. The Hall–Kier alpha value is -2.49. The molecule has 206 valence electrons. The maximum Gasteiger partial charge on any atom is 0.229 e. The molecule has 0 atom stereocenters. The first kappa shape index (κ1) is 28.5. The molecule has 0 unspecified atom stereocenters. The number of anilines is 3. The zero-order valence-corrected chi connectivity index (χ0v) is 23.6. The Labute approximate surface area is 230 Å². The highest BCUT2D eigenvalue weighted by atomic mass is 35.5. The molecule has 38 heavy (non-hydrogen) atoms. The van der Waals surface area contributed by atoms with Crippen LogP contribution in [0.2, 0.25) is 5.02 Å². The van der Waals surface area contributed by atoms with Gasteiger partial charge in [-0.25, -0.2) is 13.4 Å². The van der Waals surface area contributed by atoms with E-state index in [0.717, 1.165) is 63.9 Å². The number of nitriles is 1. The van der Waals surface area contributed by atoms with Gasteiger partial charge in [0.2, 0.25) is 16.0 Å². The number of nitrogens with zero attached hydrogens (tertiary/aromatic N) is 5. The van der Waals surface area contributed by atoms with Crippen molar-refractivity contribution in [2.24, 2.45) is 0 Å². The molecule has 2 N–H and O–H groups in total. The second-order valence-corrected chi connectivity index (χ2v) is 12.3. The van der Waals surface area contributed by atoms with Crippen LogP contribution in [0.3, 0.4) is 0 Å². The first-order valence-electron chi connectivity index (χ1n) is 13.0. The second kappa shape index (κ2) is 13.0. The summed E-state index contributed by atoms with van der Waals surface area (Å²) in [4.78, 5) is 11.4. The fourth-order valence-electron chi connectivity index (χ4n) is 5.24. The number of hydrogen-bond donors (Lipinski definition) is 2. The van der Waals surface area contributed by atoms with E-state index in [1.54, 1.807) is 13.3 Å². The first-order valence-corrected chi connectivity index (χ1v) is 15.2. The lowest BCUT2D eigenvalue weighted by atomic mass is 9.91. The Kier molecular flexibility index (Phi) is 9.79. The number of fused-ring (bicyclic) bond motifs is 1. The summed E-state index contributed by atoms with van der Waals surface area (Å²) in [6, 6.07) is 8.32. The number of aromatic nitrogens is 2. The zero-order chi connectivity index (χ0) is 27.1. The van der Waals surface area contributed by atoms with Crippen molar-refractivity contribution in [3.05, 3.63) is 40.5 Å². The number of sulfonamides is 1. The van der Waals surface area contributed by atoms with E-state index in [-0.39, 0.29) is 18.6 Å². The Morgan fingerprint density at radius 3 is 2.63 bits per heavy atom. The van der Waals surface area contributed by atoms with Crippen LogP contribution in [0.4, 0.5) is 17.5 Å². The van der Waals surface area contributed by atoms with E-state index in [0.29, 0.717) is 29.6 Å². The van der Waals surface area contributed by atoms with Crippen LogP contribution in [0.25, 0.3) is 0 Å². The maximum absolute atomic E-state index is 12.1. The number of ether oxygens (including phenoxy) is 1. The second-order valence-electron chi connectivity index (χ2n) is 9.95. The van der Waals surface area contributed by atoms with E-state index >= 15 is 0 Å². The third kappa shape index (κ3) is 7.55. The molecular weight excluding hydrogens is 526 g/mol. The quantitative estimate of drug-likeness (QED) is 0.420. The predicted octanol–water partition coefficient (Wildman–Crippen LogP) is 3.43. The van der Waals surface area contributed by atoms with Crippen molar-refractivity contribution in [1.29, 1.82) is 5.26 Å². The minimum Gasteiger partial charge on any atom is -0.383 e. The molecule has 12 heteroatoms. The molecule has 1 aromatic carbocycles. The number of nitrogens with one attached hydrogen (secondary N) is 2. The van der Waals surface area contributed by atoms with Gasteiger partial charge in [-0.1, -0.05) is 17.7 Å². The van der Waals surface area contributed by atoms with E-state index in [2.05, 4.69) is 43.7 Å². The number of hydrogen-bond acceptors (Lipinski definition) is 9. The average molecular weight is 562 g/mol. The summed E-state index contributed by atoms with van der Waals surface area (Å²) < 4.78 is 30.7. The smallest absolute Gasteiger partial charge is 0.229 e. The van der Waals surface area contributed by atoms with Gasteiger partial charge in [-0.15, -0.1) is 0 Å². The molecule has 0 spiro atoms. The van der Waals surface area contributed by atoms with E-state index in [4.69, 9.17) is 21.6 Å². The monoisotopic (exact) mass is 561 g/mol. The lowest BCUT2D eigenvalue weighted by Crippen LogP contribution is -2.43. The molecule has 2 aliphatic rings. The van der Waals surface area contributed by atoms with Crippen LogP contribution in [-0.2, 0) is 27.6 Å². The van der Waals surface area contributed by atoms with Gasteiger partial charge in [-0.05, 0) is 61.8 Å². The largest absolute Gasteiger partial charge is 0.383 e. The van der Waals surface area contributed by atoms with Crippen LogP contribution in [0.1, 0.15) is 36.8 Å². The molecule has 0 saturated heterocycles. The Morgan fingerprint density at radius 2 is 1.95 bits per heavy atom. The van der Waals surface area contributed by atoms with Gasteiger partial charge in [0.05, 0.1) is 25.1 Å². The third-order valence-corrected chi connectivity index (χ3v) is 8.87. The van der Waals surface area contributed by atoms with Gasteiger partial charge in [0.1, 0.15) is 11.6 Å². The van der Waals surface area contributed by atoms with Crippen molar-refractivity contribution < 1.29 is 13.2 Å². The van der Waals surface area contributed by atoms with Gasteiger partial charge in [0.15, 0.2) is 5.82 Å². The van der Waals surface area contributed by atoms with Crippen molar-refractivity contribution in [2.75, 3.05) is 56.8 Å². The van der Waals surface area contributed by atoms with Crippen molar-refractivity contribution in [2.45, 2.75) is 50.6 Å². The molecule has 0 amide bonds. The van der Waals surface area contributed by atoms with E-state index in [9.17, 15) is 8.42 Å². The topological polar surface area (TPSA) is 123 Å². The van der Waals surface area contributed by atoms with Crippen molar-refractivity contribution in [1.82, 2.24) is 19.2 Å². The molecule has 1 aliphatic carbocycles. The van der Waals surface area contributed by atoms with Gasteiger partial charge in [-0.3, -0.25) is 0 Å². The molecule has 4 rings (SSSR count). The normalized spacial score (nSPS) is 20.4. The van der Waals surface area contributed by atoms with Crippen molar-refractivity contribution in [3.8, 4) is 6.07 Å². The fourth-order valence-corrected chi connectivity index (χ4v) is 6.43. The van der Waals surface area contributed by atoms with Crippen LogP contribution in [0.15, 0.2) is 24.4 Å². The van der Waals surface area contributed by atoms with Crippen LogP contribution in [-0.4, -0.2) is 85.8 Å². The molecule has 1 saturated carbocycles. The number of benzene rings is 1. The summed E-state index contributed by atoms with van der Waals surface area (Å²) >= 11 is 6.41. The molecule has 1 aliphatic heterocycles. The summed E-state index contributed by atoms with van der Waals surface area (Å²) in [5, 5.41) is 16.2. The fraction of sp³-hybridized carbons (Fsp3) is 0.577. The third-order valence-electron chi connectivity index (χ3n) is 7.31. The Balaban J connectivity index is 1.37. The highest BCUT2D eigenvalue weighted by Crippen LogP contribution is 2.29. The highest BCUT2D eigenvalue weighted by Gasteiger charge is 2.31. The Bertz CT molecular complexity index is 1250. The molecule has 0 radical (unpaired) electrons. The molecule has 1 aromatic heterocycles. The number of rotatable bonds is 10. The SMILES string of the molecule is COCCN1CCc2ccc(Nc3ncc(Cl)c(N[C@H]4CC[C@H](N(CC#N)S(C)(=O)=O)CC4)n3)cc2CC1. The predicted molar refractivity (Wildman–Crippen MR) is 149 cm³/mol. The molecular formula is C26H36ClN7O3S. The summed E-state index contributed by atoms with van der Waals surface area (Å²) in [5.74, 6) is 1.01. The number of halogens is 1. The summed E-state index contributed by atoms with van der Waals surface area (Å²) in [5.41, 5.74) is 3.63. The van der Waals surface area contributed by atoms with E-state index < -0.39 is 10.0 Å². The van der Waals surface area contributed by atoms with Crippen LogP contribution in [0.5, 0.6) is 0 Å². The molecule has 0 bridgehead atoms.